The van der Waals surface area contributed by atoms with Crippen LogP contribution in [-0.2, 0) is 27.0 Å². The summed E-state index contributed by atoms with van der Waals surface area (Å²) in [6, 6.07) is 10.2. The Kier molecular flexibility index (Phi) is 5.27. The maximum Gasteiger partial charge on any atom is 0.236 e. The molecule has 2 aromatic rings. The molecule has 2 aromatic carbocycles. The van der Waals surface area contributed by atoms with Crippen molar-refractivity contribution in [2.45, 2.75) is 18.6 Å². The summed E-state index contributed by atoms with van der Waals surface area (Å²) in [4.78, 5) is 13.4. The molecule has 1 aliphatic heterocycles. The highest BCUT2D eigenvalue weighted by atomic mass is 32.2. The molecular weight excluding hydrogens is 368 g/mol. The summed E-state index contributed by atoms with van der Waals surface area (Å²) in [7, 11) is 1.12. The maximum atomic E-state index is 12.6. The van der Waals surface area contributed by atoms with Crippen molar-refractivity contribution in [2.24, 2.45) is 0 Å². The standard InChI is InChI=1S/C19H22N2O5S/c1-21-18-6-5-15(10-14(18)4-7-19(21)22)20-27(23,24)12-13-8-16(25-2)11-17(9-13)26-3/h5-6,8-11,20H,4,7,12H2,1-3H3. The first kappa shape index (κ1) is 19.0. The Morgan fingerprint density at radius 1 is 1.04 bits per heavy atom. The number of nitrogens with zero attached hydrogens (tertiary/aromatic N) is 1. The Bertz CT molecular complexity index is 950. The molecule has 0 bridgehead atoms. The fourth-order valence-corrected chi connectivity index (χ4v) is 4.27. The van der Waals surface area contributed by atoms with Crippen molar-refractivity contribution >= 4 is 27.3 Å². The molecule has 1 aliphatic rings. The zero-order chi connectivity index (χ0) is 19.6. The van der Waals surface area contributed by atoms with Gasteiger partial charge in [0.1, 0.15) is 11.5 Å². The van der Waals surface area contributed by atoms with Gasteiger partial charge in [-0.1, -0.05) is 0 Å². The summed E-state index contributed by atoms with van der Waals surface area (Å²) >= 11 is 0. The molecule has 0 atom stereocenters. The monoisotopic (exact) mass is 390 g/mol. The number of sulfonamides is 1. The van der Waals surface area contributed by atoms with Crippen molar-refractivity contribution in [1.29, 1.82) is 0 Å². The third-order valence-corrected chi connectivity index (χ3v) is 5.72. The average molecular weight is 390 g/mol. The van der Waals surface area contributed by atoms with E-state index in [-0.39, 0.29) is 11.7 Å². The van der Waals surface area contributed by atoms with E-state index >= 15 is 0 Å². The molecule has 1 N–H and O–H groups in total. The number of hydrogen-bond donors (Lipinski definition) is 1. The lowest BCUT2D eigenvalue weighted by atomic mass is 10.0. The molecule has 0 radical (unpaired) electrons. The number of benzene rings is 2. The average Bonchev–Trinajstić information content (AvgIpc) is 2.63. The highest BCUT2D eigenvalue weighted by Crippen LogP contribution is 2.30. The molecule has 8 heteroatoms. The van der Waals surface area contributed by atoms with Crippen LogP contribution in [0.3, 0.4) is 0 Å². The van der Waals surface area contributed by atoms with Crippen LogP contribution >= 0.6 is 0 Å². The number of amides is 1. The van der Waals surface area contributed by atoms with E-state index in [1.54, 1.807) is 48.3 Å². The minimum Gasteiger partial charge on any atom is -0.497 e. The van der Waals surface area contributed by atoms with Gasteiger partial charge in [-0.25, -0.2) is 8.42 Å². The molecule has 3 rings (SSSR count). The fraction of sp³-hybridized carbons (Fsp3) is 0.316. The van der Waals surface area contributed by atoms with Gasteiger partial charge in [0, 0.05) is 30.9 Å². The predicted molar refractivity (Wildman–Crippen MR) is 104 cm³/mol. The second-order valence-corrected chi connectivity index (χ2v) is 8.10. The smallest absolute Gasteiger partial charge is 0.236 e. The van der Waals surface area contributed by atoms with Crippen LogP contribution in [0.1, 0.15) is 17.5 Å². The Balaban J connectivity index is 1.80. The quantitative estimate of drug-likeness (QED) is 0.819. The van der Waals surface area contributed by atoms with E-state index in [2.05, 4.69) is 4.72 Å². The van der Waals surface area contributed by atoms with Gasteiger partial charge in [0.15, 0.2) is 0 Å². The first-order chi connectivity index (χ1) is 12.8. The summed E-state index contributed by atoms with van der Waals surface area (Å²) in [6.45, 7) is 0. The molecule has 0 aromatic heterocycles. The van der Waals surface area contributed by atoms with E-state index in [9.17, 15) is 13.2 Å². The van der Waals surface area contributed by atoms with E-state index in [0.717, 1.165) is 11.3 Å². The van der Waals surface area contributed by atoms with Crippen LogP contribution in [0.5, 0.6) is 11.5 Å². The van der Waals surface area contributed by atoms with Gasteiger partial charge < -0.3 is 14.4 Å². The lowest BCUT2D eigenvalue weighted by Gasteiger charge is -2.26. The van der Waals surface area contributed by atoms with Gasteiger partial charge in [0.2, 0.25) is 15.9 Å². The van der Waals surface area contributed by atoms with Crippen molar-refractivity contribution in [2.75, 3.05) is 30.9 Å². The van der Waals surface area contributed by atoms with Gasteiger partial charge in [-0.3, -0.25) is 9.52 Å². The number of fused-ring (bicyclic) bond motifs is 1. The molecule has 0 aliphatic carbocycles. The Hall–Kier alpha value is -2.74. The summed E-state index contributed by atoms with van der Waals surface area (Å²) in [5.74, 6) is 0.903. The number of carbonyl (C=O) groups is 1. The van der Waals surface area contributed by atoms with Crippen molar-refractivity contribution in [3.8, 4) is 11.5 Å². The van der Waals surface area contributed by atoms with Gasteiger partial charge in [-0.15, -0.1) is 0 Å². The molecule has 144 valence electrons. The van der Waals surface area contributed by atoms with E-state index in [4.69, 9.17) is 9.47 Å². The van der Waals surface area contributed by atoms with Gasteiger partial charge >= 0.3 is 0 Å². The molecule has 27 heavy (non-hydrogen) atoms. The van der Waals surface area contributed by atoms with Crippen molar-refractivity contribution < 1.29 is 22.7 Å². The van der Waals surface area contributed by atoms with E-state index in [0.29, 0.717) is 35.6 Å². The van der Waals surface area contributed by atoms with Crippen LogP contribution in [0, 0.1) is 0 Å². The molecule has 0 fully saturated rings. The third-order valence-electron chi connectivity index (χ3n) is 4.46. The number of hydrogen-bond acceptors (Lipinski definition) is 5. The molecule has 0 saturated heterocycles. The number of methoxy groups -OCH3 is 2. The van der Waals surface area contributed by atoms with Crippen LogP contribution < -0.4 is 19.1 Å². The molecule has 0 unspecified atom stereocenters. The number of ether oxygens (including phenoxy) is 2. The normalized spacial score (nSPS) is 13.9. The molecule has 1 amide bonds. The van der Waals surface area contributed by atoms with E-state index < -0.39 is 10.0 Å². The zero-order valence-electron chi connectivity index (χ0n) is 15.5. The SMILES string of the molecule is COc1cc(CS(=O)(=O)Nc2ccc3c(c2)CCC(=O)N3C)cc(OC)c1. The molecule has 7 nitrogen and oxygen atoms in total. The molecule has 0 spiro atoms. The molecule has 0 saturated carbocycles. The van der Waals surface area contributed by atoms with E-state index in [1.165, 1.54) is 14.2 Å². The Morgan fingerprint density at radius 2 is 1.70 bits per heavy atom. The second-order valence-electron chi connectivity index (χ2n) is 6.38. The number of rotatable bonds is 6. The lowest BCUT2D eigenvalue weighted by Crippen LogP contribution is -2.31. The van der Waals surface area contributed by atoms with Gasteiger partial charge in [-0.2, -0.15) is 0 Å². The number of nitrogens with one attached hydrogen (secondary N) is 1. The Morgan fingerprint density at radius 3 is 2.33 bits per heavy atom. The highest BCUT2D eigenvalue weighted by molar-refractivity contribution is 7.91. The topological polar surface area (TPSA) is 84.9 Å². The first-order valence-electron chi connectivity index (χ1n) is 8.43. The summed E-state index contributed by atoms with van der Waals surface area (Å²) < 4.78 is 38.2. The van der Waals surface area contributed by atoms with Crippen LogP contribution in [-0.4, -0.2) is 35.6 Å². The number of anilines is 2. The number of carbonyl (C=O) groups excluding carboxylic acids is 1. The second kappa shape index (κ2) is 7.48. The summed E-state index contributed by atoms with van der Waals surface area (Å²) in [5, 5.41) is 0. The lowest BCUT2D eigenvalue weighted by molar-refractivity contribution is -0.118. The van der Waals surface area contributed by atoms with Crippen LogP contribution in [0.25, 0.3) is 0 Å². The van der Waals surface area contributed by atoms with Crippen LogP contribution in [0.2, 0.25) is 0 Å². The molecular formula is C19H22N2O5S. The van der Waals surface area contributed by atoms with Crippen molar-refractivity contribution in [3.05, 3.63) is 47.5 Å². The zero-order valence-corrected chi connectivity index (χ0v) is 16.3. The Labute approximate surface area is 158 Å². The van der Waals surface area contributed by atoms with Gasteiger partial charge in [0.05, 0.1) is 20.0 Å². The number of aryl methyl sites for hydroxylation is 1. The minimum atomic E-state index is -3.63. The first-order valence-corrected chi connectivity index (χ1v) is 10.1. The van der Waals surface area contributed by atoms with E-state index in [1.807, 2.05) is 0 Å². The summed E-state index contributed by atoms with van der Waals surface area (Å²) in [6.07, 6.45) is 1.02. The van der Waals surface area contributed by atoms with Crippen LogP contribution in [0.4, 0.5) is 11.4 Å². The van der Waals surface area contributed by atoms with Gasteiger partial charge in [0.25, 0.3) is 0 Å². The third kappa shape index (κ3) is 4.33. The minimum absolute atomic E-state index is 0.0582. The predicted octanol–water partition coefficient (Wildman–Crippen LogP) is 2.55. The van der Waals surface area contributed by atoms with Crippen molar-refractivity contribution in [1.82, 2.24) is 0 Å². The van der Waals surface area contributed by atoms with Crippen LogP contribution in [0.15, 0.2) is 36.4 Å². The fourth-order valence-electron chi connectivity index (χ4n) is 3.10. The van der Waals surface area contributed by atoms with Gasteiger partial charge in [-0.05, 0) is 47.9 Å². The highest BCUT2D eigenvalue weighted by Gasteiger charge is 2.22. The van der Waals surface area contributed by atoms with Crippen molar-refractivity contribution in [3.63, 3.8) is 0 Å². The largest absolute Gasteiger partial charge is 0.497 e. The summed E-state index contributed by atoms with van der Waals surface area (Å²) in [5.41, 5.74) is 2.79. The molecule has 1 heterocycles. The maximum absolute atomic E-state index is 12.6.